The molecule has 4 rings (SSSR count). The second kappa shape index (κ2) is 4.94. The zero-order valence-electron chi connectivity index (χ0n) is 14.0. The monoisotopic (exact) mass is 308 g/mol. The summed E-state index contributed by atoms with van der Waals surface area (Å²) in [5, 5.41) is 31.1. The van der Waals surface area contributed by atoms with Crippen molar-refractivity contribution in [2.45, 2.75) is 83.5 Å². The van der Waals surface area contributed by atoms with Crippen LogP contribution in [0.4, 0.5) is 0 Å². The molecular formula is C19H32O3. The molecule has 0 heterocycles. The van der Waals surface area contributed by atoms with E-state index < -0.39 is 12.2 Å². The lowest BCUT2D eigenvalue weighted by atomic mass is 9.44. The van der Waals surface area contributed by atoms with Crippen LogP contribution in [-0.4, -0.2) is 33.6 Å². The Balaban J connectivity index is 1.64. The Kier molecular flexibility index (Phi) is 3.46. The molecule has 0 bridgehead atoms. The highest BCUT2D eigenvalue weighted by Crippen LogP contribution is 2.66. The molecule has 3 nitrogen and oxygen atoms in total. The number of hydrogen-bond donors (Lipinski definition) is 3. The van der Waals surface area contributed by atoms with Crippen LogP contribution in [0.15, 0.2) is 0 Å². The van der Waals surface area contributed by atoms with Crippen LogP contribution in [0.1, 0.15) is 65.2 Å². The van der Waals surface area contributed by atoms with Crippen LogP contribution < -0.4 is 0 Å². The van der Waals surface area contributed by atoms with Gasteiger partial charge < -0.3 is 15.3 Å². The standard InChI is InChI=1S/C19H32O3/c1-18-10-8-15(20)17(22)14(18)4-3-11-12-5-6-16(21)19(12,2)9-7-13(11)18/h11-17,20-22H,3-10H2,1-2H3/t11-,12-,13-,14?,15-,16-,17-,18+,19-/m0/s1. The van der Waals surface area contributed by atoms with Gasteiger partial charge in [0.25, 0.3) is 0 Å². The quantitative estimate of drug-likeness (QED) is 0.645. The predicted molar refractivity (Wildman–Crippen MR) is 85.1 cm³/mol. The van der Waals surface area contributed by atoms with Crippen molar-refractivity contribution < 1.29 is 15.3 Å². The Morgan fingerprint density at radius 2 is 1.32 bits per heavy atom. The lowest BCUT2D eigenvalue weighted by Crippen LogP contribution is -2.58. The van der Waals surface area contributed by atoms with E-state index in [1.807, 2.05) is 0 Å². The zero-order valence-corrected chi connectivity index (χ0v) is 14.0. The molecule has 3 heteroatoms. The Bertz CT molecular complexity index is 452. The normalized spacial score (nSPS) is 61.2. The molecule has 4 saturated carbocycles. The summed E-state index contributed by atoms with van der Waals surface area (Å²) in [6.45, 7) is 4.71. The Morgan fingerprint density at radius 3 is 2.09 bits per heavy atom. The maximum Gasteiger partial charge on any atom is 0.0832 e. The molecule has 4 aliphatic carbocycles. The summed E-state index contributed by atoms with van der Waals surface area (Å²) < 4.78 is 0. The summed E-state index contributed by atoms with van der Waals surface area (Å²) in [4.78, 5) is 0. The minimum absolute atomic E-state index is 0.109. The average Bonchev–Trinajstić information content (AvgIpc) is 2.79. The van der Waals surface area contributed by atoms with Gasteiger partial charge >= 0.3 is 0 Å². The summed E-state index contributed by atoms with van der Waals surface area (Å²) in [5.74, 6) is 2.34. The number of aliphatic hydroxyl groups is 3. The van der Waals surface area contributed by atoms with E-state index in [1.165, 1.54) is 19.3 Å². The molecule has 0 aromatic carbocycles. The highest BCUT2D eigenvalue weighted by Gasteiger charge is 2.61. The molecule has 4 aliphatic rings. The van der Waals surface area contributed by atoms with Crippen LogP contribution in [-0.2, 0) is 0 Å². The van der Waals surface area contributed by atoms with Gasteiger partial charge in [-0.25, -0.2) is 0 Å². The van der Waals surface area contributed by atoms with Gasteiger partial charge in [0.2, 0.25) is 0 Å². The molecule has 0 radical (unpaired) electrons. The van der Waals surface area contributed by atoms with E-state index in [2.05, 4.69) is 13.8 Å². The first-order valence-corrected chi connectivity index (χ1v) is 9.42. The van der Waals surface area contributed by atoms with Crippen molar-refractivity contribution >= 4 is 0 Å². The largest absolute Gasteiger partial charge is 0.393 e. The van der Waals surface area contributed by atoms with Crippen molar-refractivity contribution in [2.75, 3.05) is 0 Å². The van der Waals surface area contributed by atoms with Crippen molar-refractivity contribution in [2.24, 2.45) is 34.5 Å². The van der Waals surface area contributed by atoms with Gasteiger partial charge in [0.1, 0.15) is 0 Å². The van der Waals surface area contributed by atoms with E-state index in [0.717, 1.165) is 38.0 Å². The second-order valence-electron chi connectivity index (χ2n) is 9.30. The van der Waals surface area contributed by atoms with Gasteiger partial charge in [0.05, 0.1) is 18.3 Å². The summed E-state index contributed by atoms with van der Waals surface area (Å²) in [5.41, 5.74) is 0.327. The topological polar surface area (TPSA) is 60.7 Å². The molecule has 3 N–H and O–H groups in total. The second-order valence-corrected chi connectivity index (χ2v) is 9.30. The van der Waals surface area contributed by atoms with Gasteiger partial charge in [-0.15, -0.1) is 0 Å². The third-order valence-corrected chi connectivity index (χ3v) is 8.68. The number of rotatable bonds is 0. The maximum atomic E-state index is 10.5. The van der Waals surface area contributed by atoms with Crippen LogP contribution in [0, 0.1) is 34.5 Å². The molecule has 0 aromatic rings. The SMILES string of the molecule is C[C@]12CC[C@H]3[C@@H](CCC4[C@H](O)[C@@H](O)CC[C@@]43C)[C@@H]1CC[C@@H]2O. The van der Waals surface area contributed by atoms with Crippen LogP contribution in [0.25, 0.3) is 0 Å². The van der Waals surface area contributed by atoms with Gasteiger partial charge in [0, 0.05) is 0 Å². The number of aliphatic hydroxyl groups excluding tert-OH is 3. The van der Waals surface area contributed by atoms with Crippen molar-refractivity contribution in [1.29, 1.82) is 0 Å². The molecule has 1 unspecified atom stereocenters. The number of hydrogen-bond acceptors (Lipinski definition) is 3. The maximum absolute atomic E-state index is 10.5. The molecule has 0 saturated heterocycles. The first-order valence-electron chi connectivity index (χ1n) is 9.42. The van der Waals surface area contributed by atoms with Crippen LogP contribution in [0.5, 0.6) is 0 Å². The Morgan fingerprint density at radius 1 is 0.682 bits per heavy atom. The molecule has 0 amide bonds. The number of fused-ring (bicyclic) bond motifs is 5. The summed E-state index contributed by atoms with van der Waals surface area (Å²) in [6.07, 6.45) is 7.40. The third kappa shape index (κ3) is 1.85. The first kappa shape index (κ1) is 15.4. The fourth-order valence-electron chi connectivity index (χ4n) is 7.29. The van der Waals surface area contributed by atoms with Crippen molar-refractivity contribution in [3.05, 3.63) is 0 Å². The molecule has 0 aliphatic heterocycles. The lowest BCUT2D eigenvalue weighted by Gasteiger charge is -2.61. The molecule has 22 heavy (non-hydrogen) atoms. The van der Waals surface area contributed by atoms with Gasteiger partial charge in [-0.2, -0.15) is 0 Å². The van der Waals surface area contributed by atoms with Crippen LogP contribution in [0.3, 0.4) is 0 Å². The molecule has 0 spiro atoms. The fraction of sp³-hybridized carbons (Fsp3) is 1.00. The Labute approximate surface area is 134 Å². The minimum Gasteiger partial charge on any atom is -0.393 e. The van der Waals surface area contributed by atoms with Gasteiger partial charge in [-0.05, 0) is 85.9 Å². The molecule has 4 fully saturated rings. The van der Waals surface area contributed by atoms with E-state index in [9.17, 15) is 15.3 Å². The van der Waals surface area contributed by atoms with Crippen LogP contribution in [0.2, 0.25) is 0 Å². The average molecular weight is 308 g/mol. The lowest BCUT2D eigenvalue weighted by molar-refractivity contribution is -0.176. The first-order chi connectivity index (χ1) is 10.4. The summed E-state index contributed by atoms with van der Waals surface area (Å²) >= 11 is 0. The van der Waals surface area contributed by atoms with Crippen LogP contribution >= 0.6 is 0 Å². The van der Waals surface area contributed by atoms with E-state index in [0.29, 0.717) is 11.8 Å². The highest BCUT2D eigenvalue weighted by molar-refractivity contribution is 5.10. The van der Waals surface area contributed by atoms with Crippen molar-refractivity contribution in [3.63, 3.8) is 0 Å². The summed E-state index contributed by atoms with van der Waals surface area (Å²) in [6, 6.07) is 0. The highest BCUT2D eigenvalue weighted by atomic mass is 16.3. The zero-order chi connectivity index (χ0) is 15.7. The molecule has 9 atom stereocenters. The van der Waals surface area contributed by atoms with E-state index in [4.69, 9.17) is 0 Å². The molecule has 126 valence electrons. The van der Waals surface area contributed by atoms with Gasteiger partial charge in [-0.3, -0.25) is 0 Å². The smallest absolute Gasteiger partial charge is 0.0832 e. The van der Waals surface area contributed by atoms with Crippen molar-refractivity contribution in [1.82, 2.24) is 0 Å². The minimum atomic E-state index is -0.526. The fourth-order valence-corrected chi connectivity index (χ4v) is 7.29. The molecule has 0 aromatic heterocycles. The van der Waals surface area contributed by atoms with Gasteiger partial charge in [0.15, 0.2) is 0 Å². The van der Waals surface area contributed by atoms with E-state index >= 15 is 0 Å². The predicted octanol–water partition coefficient (Wildman–Crippen LogP) is 2.72. The van der Waals surface area contributed by atoms with E-state index in [-0.39, 0.29) is 22.9 Å². The third-order valence-electron chi connectivity index (χ3n) is 8.68. The summed E-state index contributed by atoms with van der Waals surface area (Å²) in [7, 11) is 0. The molecular weight excluding hydrogens is 276 g/mol. The van der Waals surface area contributed by atoms with E-state index in [1.54, 1.807) is 0 Å². The van der Waals surface area contributed by atoms with Gasteiger partial charge in [-0.1, -0.05) is 13.8 Å². The Hall–Kier alpha value is -0.120. The van der Waals surface area contributed by atoms with Crippen molar-refractivity contribution in [3.8, 4) is 0 Å².